The van der Waals surface area contributed by atoms with Crippen molar-refractivity contribution in [2.45, 2.75) is 46.5 Å². The number of benzene rings is 1. The number of piperidine rings is 1. The van der Waals surface area contributed by atoms with E-state index in [1.807, 2.05) is 33.8 Å². The summed E-state index contributed by atoms with van der Waals surface area (Å²) >= 11 is 0. The SMILES string of the molecule is CC.CC.CN(N)/C=C\N.COc1cccc(C2CCNCC2)c1. The lowest BCUT2D eigenvalue weighted by atomic mass is 9.90. The molecule has 0 bridgehead atoms. The van der Waals surface area contributed by atoms with Crippen LogP contribution in [-0.2, 0) is 0 Å². The van der Waals surface area contributed by atoms with Gasteiger partial charge in [0.2, 0.25) is 0 Å². The molecule has 5 heteroatoms. The summed E-state index contributed by atoms with van der Waals surface area (Å²) in [6.07, 6.45) is 5.42. The van der Waals surface area contributed by atoms with Crippen molar-refractivity contribution in [3.63, 3.8) is 0 Å². The van der Waals surface area contributed by atoms with E-state index in [9.17, 15) is 0 Å². The van der Waals surface area contributed by atoms with Crippen LogP contribution < -0.4 is 21.6 Å². The van der Waals surface area contributed by atoms with Crippen LogP contribution in [-0.4, -0.2) is 32.3 Å². The van der Waals surface area contributed by atoms with Crippen LogP contribution in [0.3, 0.4) is 0 Å². The second-order valence-corrected chi connectivity index (χ2v) is 4.81. The quantitative estimate of drug-likeness (QED) is 0.581. The highest BCUT2D eigenvalue weighted by molar-refractivity contribution is 5.31. The lowest BCUT2D eigenvalue weighted by Gasteiger charge is -2.23. The minimum absolute atomic E-state index is 0.714. The maximum atomic E-state index is 5.23. The number of nitrogens with one attached hydrogen (secondary N) is 1. The fraction of sp³-hybridized carbons (Fsp3) is 0.579. The highest BCUT2D eigenvalue weighted by Gasteiger charge is 2.14. The Kier molecular flexibility index (Phi) is 18.0. The van der Waals surface area contributed by atoms with Gasteiger partial charge in [0, 0.05) is 19.4 Å². The minimum Gasteiger partial charge on any atom is -0.497 e. The van der Waals surface area contributed by atoms with Crippen LogP contribution in [0.5, 0.6) is 5.75 Å². The first-order valence-corrected chi connectivity index (χ1v) is 8.88. The first-order chi connectivity index (χ1) is 11.7. The van der Waals surface area contributed by atoms with Gasteiger partial charge in [-0.3, -0.25) is 0 Å². The molecule has 140 valence electrons. The van der Waals surface area contributed by atoms with Gasteiger partial charge in [-0.1, -0.05) is 39.8 Å². The Bertz CT molecular complexity index is 402. The van der Waals surface area contributed by atoms with E-state index < -0.39 is 0 Å². The summed E-state index contributed by atoms with van der Waals surface area (Å²) in [5.41, 5.74) is 6.35. The highest BCUT2D eigenvalue weighted by Crippen LogP contribution is 2.27. The third-order valence-corrected chi connectivity index (χ3v) is 3.23. The molecular weight excluding hydrogens is 300 g/mol. The second kappa shape index (κ2) is 17.6. The smallest absolute Gasteiger partial charge is 0.119 e. The van der Waals surface area contributed by atoms with Gasteiger partial charge >= 0.3 is 0 Å². The molecule has 1 aromatic rings. The van der Waals surface area contributed by atoms with Crippen molar-refractivity contribution >= 4 is 0 Å². The molecule has 5 nitrogen and oxygen atoms in total. The third kappa shape index (κ3) is 11.8. The fourth-order valence-electron chi connectivity index (χ4n) is 2.19. The molecule has 5 N–H and O–H groups in total. The minimum atomic E-state index is 0.714. The molecular formula is C19H38N4O. The van der Waals surface area contributed by atoms with Gasteiger partial charge in [0.25, 0.3) is 0 Å². The van der Waals surface area contributed by atoms with Crippen LogP contribution in [0.15, 0.2) is 36.7 Å². The van der Waals surface area contributed by atoms with E-state index in [0.29, 0.717) is 5.92 Å². The summed E-state index contributed by atoms with van der Waals surface area (Å²) in [5.74, 6) is 6.76. The van der Waals surface area contributed by atoms with Gasteiger partial charge < -0.3 is 20.8 Å². The molecule has 1 fully saturated rings. The lowest BCUT2D eigenvalue weighted by molar-refractivity contribution is 0.411. The van der Waals surface area contributed by atoms with E-state index in [2.05, 4.69) is 23.5 Å². The standard InChI is InChI=1S/C12H17NO.C3H9N3.2C2H6/c1-14-12-4-2-3-11(9-12)10-5-7-13-8-6-10;1-6(5)3-2-4;2*1-2/h2-4,9-10,13H,5-8H2,1H3;2-3H,4-5H2,1H3;2*1-2H3/b;3-2-;;. The zero-order valence-corrected chi connectivity index (χ0v) is 16.4. The van der Waals surface area contributed by atoms with Crippen molar-refractivity contribution in [1.82, 2.24) is 10.3 Å². The van der Waals surface area contributed by atoms with Crippen molar-refractivity contribution in [1.29, 1.82) is 0 Å². The first kappa shape index (κ1) is 24.5. The highest BCUT2D eigenvalue weighted by atomic mass is 16.5. The predicted octanol–water partition coefficient (Wildman–Crippen LogP) is 3.44. The molecule has 1 aliphatic rings. The molecule has 0 unspecified atom stereocenters. The molecule has 1 aromatic carbocycles. The van der Waals surface area contributed by atoms with Crippen LogP contribution in [0.4, 0.5) is 0 Å². The Morgan fingerprint density at radius 1 is 1.17 bits per heavy atom. The average Bonchev–Trinajstić information content (AvgIpc) is 2.66. The van der Waals surface area contributed by atoms with Crippen molar-refractivity contribution < 1.29 is 4.74 Å². The van der Waals surface area contributed by atoms with Crippen LogP contribution >= 0.6 is 0 Å². The molecule has 0 radical (unpaired) electrons. The zero-order chi connectivity index (χ0) is 18.8. The predicted molar refractivity (Wildman–Crippen MR) is 106 cm³/mol. The van der Waals surface area contributed by atoms with E-state index in [1.54, 1.807) is 20.4 Å². The Morgan fingerprint density at radius 3 is 2.17 bits per heavy atom. The summed E-state index contributed by atoms with van der Waals surface area (Å²) in [5, 5.41) is 4.76. The van der Waals surface area contributed by atoms with Crippen LogP contribution in [0.2, 0.25) is 0 Å². The Balaban J connectivity index is 0. The third-order valence-electron chi connectivity index (χ3n) is 3.23. The number of ether oxygens (including phenoxy) is 1. The van der Waals surface area contributed by atoms with Gasteiger partial charge in [-0.05, 0) is 49.5 Å². The molecule has 1 heterocycles. The molecule has 0 aromatic heterocycles. The van der Waals surface area contributed by atoms with Gasteiger partial charge in [0.05, 0.1) is 7.11 Å². The van der Waals surface area contributed by atoms with Crippen molar-refractivity contribution in [3.8, 4) is 5.75 Å². The van der Waals surface area contributed by atoms with Gasteiger partial charge in [-0.15, -0.1) is 0 Å². The molecule has 0 amide bonds. The molecule has 0 spiro atoms. The number of nitrogens with two attached hydrogens (primary N) is 2. The Labute approximate surface area is 149 Å². The topological polar surface area (TPSA) is 76.5 Å². The number of methoxy groups -OCH3 is 1. The number of hydrazine groups is 1. The number of nitrogens with zero attached hydrogens (tertiary/aromatic N) is 1. The molecule has 0 saturated carbocycles. The summed E-state index contributed by atoms with van der Waals surface area (Å²) < 4.78 is 5.23. The van der Waals surface area contributed by atoms with E-state index in [-0.39, 0.29) is 0 Å². The lowest BCUT2D eigenvalue weighted by Crippen LogP contribution is -2.26. The molecule has 0 atom stereocenters. The largest absolute Gasteiger partial charge is 0.497 e. The number of hydrogen-bond acceptors (Lipinski definition) is 5. The maximum Gasteiger partial charge on any atom is 0.119 e. The number of hydrogen-bond donors (Lipinski definition) is 3. The van der Waals surface area contributed by atoms with E-state index >= 15 is 0 Å². The summed E-state index contributed by atoms with van der Waals surface area (Å²) in [7, 11) is 3.42. The van der Waals surface area contributed by atoms with Crippen molar-refractivity contribution in [2.24, 2.45) is 11.6 Å². The van der Waals surface area contributed by atoms with Crippen molar-refractivity contribution in [3.05, 3.63) is 42.2 Å². The van der Waals surface area contributed by atoms with E-state index in [0.717, 1.165) is 18.8 Å². The fourth-order valence-corrected chi connectivity index (χ4v) is 2.19. The van der Waals surface area contributed by atoms with Crippen LogP contribution in [0.1, 0.15) is 52.0 Å². The zero-order valence-electron chi connectivity index (χ0n) is 16.4. The second-order valence-electron chi connectivity index (χ2n) is 4.81. The molecule has 0 aliphatic carbocycles. The average molecular weight is 339 g/mol. The van der Waals surface area contributed by atoms with E-state index in [1.165, 1.54) is 29.6 Å². The summed E-state index contributed by atoms with van der Waals surface area (Å²) in [4.78, 5) is 0. The summed E-state index contributed by atoms with van der Waals surface area (Å²) in [6, 6.07) is 8.45. The Hall–Kier alpha value is -1.72. The monoisotopic (exact) mass is 338 g/mol. The molecule has 2 rings (SSSR count). The van der Waals surface area contributed by atoms with Crippen LogP contribution in [0.25, 0.3) is 0 Å². The Morgan fingerprint density at radius 2 is 1.75 bits per heavy atom. The van der Waals surface area contributed by atoms with Gasteiger partial charge in [0.15, 0.2) is 0 Å². The maximum absolute atomic E-state index is 5.23. The first-order valence-electron chi connectivity index (χ1n) is 8.88. The van der Waals surface area contributed by atoms with E-state index in [4.69, 9.17) is 16.3 Å². The molecule has 24 heavy (non-hydrogen) atoms. The van der Waals surface area contributed by atoms with Gasteiger partial charge in [-0.2, -0.15) is 0 Å². The normalized spacial score (nSPS) is 13.5. The molecule has 1 aliphatic heterocycles. The molecule has 1 saturated heterocycles. The van der Waals surface area contributed by atoms with Crippen LogP contribution in [0, 0.1) is 0 Å². The summed E-state index contributed by atoms with van der Waals surface area (Å²) in [6.45, 7) is 10.3. The van der Waals surface area contributed by atoms with Crippen molar-refractivity contribution in [2.75, 3.05) is 27.2 Å². The van der Waals surface area contributed by atoms with Gasteiger partial charge in [-0.25, -0.2) is 5.84 Å². The number of rotatable bonds is 3. The van der Waals surface area contributed by atoms with Gasteiger partial charge in [0.1, 0.15) is 5.75 Å².